The van der Waals surface area contributed by atoms with Crippen LogP contribution >= 0.6 is 0 Å². The van der Waals surface area contributed by atoms with Crippen LogP contribution in [0.25, 0.3) is 0 Å². The molecule has 0 radical (unpaired) electrons. The Hall–Kier alpha value is -1.85. The largest absolute Gasteiger partial charge is 0.364 e. The van der Waals surface area contributed by atoms with Gasteiger partial charge in [0.15, 0.2) is 0 Å². The molecule has 0 aromatic carbocycles. The number of rotatable bonds is 3. The van der Waals surface area contributed by atoms with Crippen molar-refractivity contribution in [3.8, 4) is 0 Å². The Balaban J connectivity index is 2.09. The third-order valence-electron chi connectivity index (χ3n) is 3.41. The zero-order valence-corrected chi connectivity index (χ0v) is 10.5. The predicted molar refractivity (Wildman–Crippen MR) is 66.9 cm³/mol. The Morgan fingerprint density at radius 3 is 2.67 bits per heavy atom. The van der Waals surface area contributed by atoms with Gasteiger partial charge in [-0.25, -0.2) is 0 Å². The van der Waals surface area contributed by atoms with Crippen LogP contribution in [0.1, 0.15) is 42.6 Å². The molecule has 6 heteroatoms. The molecule has 1 aliphatic rings. The second kappa shape index (κ2) is 5.20. The van der Waals surface area contributed by atoms with Crippen molar-refractivity contribution in [1.29, 1.82) is 0 Å². The highest BCUT2D eigenvalue weighted by Crippen LogP contribution is 2.25. The molecule has 2 amide bonds. The van der Waals surface area contributed by atoms with Crippen molar-refractivity contribution in [2.24, 2.45) is 18.7 Å². The fourth-order valence-electron chi connectivity index (χ4n) is 2.42. The minimum atomic E-state index is -0.589. The van der Waals surface area contributed by atoms with E-state index in [2.05, 4.69) is 10.4 Å². The molecule has 0 atom stereocenters. The summed E-state index contributed by atoms with van der Waals surface area (Å²) in [4.78, 5) is 23.3. The first-order valence-corrected chi connectivity index (χ1v) is 6.22. The number of hydrogen-bond acceptors (Lipinski definition) is 3. The third kappa shape index (κ3) is 2.52. The van der Waals surface area contributed by atoms with Crippen LogP contribution in [-0.2, 0) is 11.8 Å². The van der Waals surface area contributed by atoms with Crippen LogP contribution in [0.3, 0.4) is 0 Å². The molecular weight excluding hydrogens is 232 g/mol. The molecule has 1 aromatic heterocycles. The minimum absolute atomic E-state index is 0.0369. The maximum Gasteiger partial charge on any atom is 0.269 e. The quantitative estimate of drug-likeness (QED) is 0.839. The van der Waals surface area contributed by atoms with Crippen LogP contribution in [0.4, 0.5) is 5.69 Å². The molecular formula is C12H18N4O2. The van der Waals surface area contributed by atoms with Crippen LogP contribution in [0, 0.1) is 5.92 Å². The summed E-state index contributed by atoms with van der Waals surface area (Å²) in [5.41, 5.74) is 5.90. The number of aromatic nitrogens is 2. The van der Waals surface area contributed by atoms with Crippen LogP contribution in [0.2, 0.25) is 0 Å². The summed E-state index contributed by atoms with van der Waals surface area (Å²) in [7, 11) is 1.62. The van der Waals surface area contributed by atoms with Gasteiger partial charge < -0.3 is 11.1 Å². The van der Waals surface area contributed by atoms with Crippen molar-refractivity contribution in [2.75, 3.05) is 5.32 Å². The summed E-state index contributed by atoms with van der Waals surface area (Å²) in [6, 6.07) is 0. The summed E-state index contributed by atoms with van der Waals surface area (Å²) >= 11 is 0. The Bertz CT molecular complexity index is 461. The Labute approximate surface area is 106 Å². The van der Waals surface area contributed by atoms with E-state index >= 15 is 0 Å². The van der Waals surface area contributed by atoms with E-state index in [-0.39, 0.29) is 17.5 Å². The van der Waals surface area contributed by atoms with Gasteiger partial charge in [0, 0.05) is 13.0 Å². The van der Waals surface area contributed by atoms with Crippen molar-refractivity contribution >= 4 is 17.5 Å². The summed E-state index contributed by atoms with van der Waals surface area (Å²) in [5, 5.41) is 6.70. The van der Waals surface area contributed by atoms with Gasteiger partial charge in [-0.3, -0.25) is 14.3 Å². The molecule has 0 spiro atoms. The van der Waals surface area contributed by atoms with Crippen molar-refractivity contribution < 1.29 is 9.59 Å². The predicted octanol–water partition coefficient (Wildman–Crippen LogP) is 1.04. The zero-order valence-electron chi connectivity index (χ0n) is 10.5. The minimum Gasteiger partial charge on any atom is -0.364 e. The van der Waals surface area contributed by atoms with Gasteiger partial charge >= 0.3 is 0 Å². The molecule has 1 aromatic rings. The van der Waals surface area contributed by atoms with E-state index in [1.54, 1.807) is 7.05 Å². The second-order valence-corrected chi connectivity index (χ2v) is 4.72. The number of amides is 2. The van der Waals surface area contributed by atoms with Gasteiger partial charge in [0.2, 0.25) is 5.91 Å². The fraction of sp³-hybridized carbons (Fsp3) is 0.583. The molecule has 0 bridgehead atoms. The average Bonchev–Trinajstić information content (AvgIpc) is 2.71. The number of carbonyl (C=O) groups excluding carboxylic acids is 2. The number of carbonyl (C=O) groups is 2. The van der Waals surface area contributed by atoms with Crippen LogP contribution in [0.15, 0.2) is 6.20 Å². The lowest BCUT2D eigenvalue weighted by Crippen LogP contribution is -2.26. The van der Waals surface area contributed by atoms with E-state index in [1.807, 2.05) is 0 Å². The summed E-state index contributed by atoms with van der Waals surface area (Å²) in [6.45, 7) is 0. The first-order valence-electron chi connectivity index (χ1n) is 6.22. The smallest absolute Gasteiger partial charge is 0.269 e. The van der Waals surface area contributed by atoms with Crippen molar-refractivity contribution in [2.45, 2.75) is 32.1 Å². The SMILES string of the molecule is Cn1ncc(NC(=O)C2CCCCC2)c1C(N)=O. The lowest BCUT2D eigenvalue weighted by molar-refractivity contribution is -0.120. The van der Waals surface area contributed by atoms with E-state index in [0.29, 0.717) is 5.69 Å². The number of nitrogens with two attached hydrogens (primary N) is 1. The molecule has 1 aliphatic carbocycles. The molecule has 2 rings (SSSR count). The van der Waals surface area contributed by atoms with Gasteiger partial charge in [-0.2, -0.15) is 5.10 Å². The molecule has 1 heterocycles. The highest BCUT2D eigenvalue weighted by molar-refractivity contribution is 6.02. The van der Waals surface area contributed by atoms with Gasteiger partial charge in [0.05, 0.1) is 11.9 Å². The van der Waals surface area contributed by atoms with Crippen LogP contribution < -0.4 is 11.1 Å². The van der Waals surface area contributed by atoms with E-state index < -0.39 is 5.91 Å². The average molecular weight is 250 g/mol. The van der Waals surface area contributed by atoms with Gasteiger partial charge in [-0.05, 0) is 12.8 Å². The van der Waals surface area contributed by atoms with E-state index in [4.69, 9.17) is 5.73 Å². The number of anilines is 1. The Morgan fingerprint density at radius 1 is 1.39 bits per heavy atom. The molecule has 18 heavy (non-hydrogen) atoms. The van der Waals surface area contributed by atoms with E-state index in [9.17, 15) is 9.59 Å². The molecule has 0 saturated heterocycles. The maximum absolute atomic E-state index is 12.1. The summed E-state index contributed by atoms with van der Waals surface area (Å²) in [5.74, 6) is -0.584. The van der Waals surface area contributed by atoms with Gasteiger partial charge in [-0.1, -0.05) is 19.3 Å². The highest BCUT2D eigenvalue weighted by atomic mass is 16.2. The second-order valence-electron chi connectivity index (χ2n) is 4.72. The van der Waals surface area contributed by atoms with Crippen LogP contribution in [0.5, 0.6) is 0 Å². The van der Waals surface area contributed by atoms with Gasteiger partial charge in [-0.15, -0.1) is 0 Å². The lowest BCUT2D eigenvalue weighted by Gasteiger charge is -2.20. The first-order chi connectivity index (χ1) is 8.59. The standard InChI is InChI=1S/C12H18N4O2/c1-16-10(11(13)17)9(7-14-16)15-12(18)8-5-3-2-4-6-8/h7-8H,2-6H2,1H3,(H2,13,17)(H,15,18). The lowest BCUT2D eigenvalue weighted by atomic mass is 9.88. The Kier molecular flexibility index (Phi) is 3.64. The molecule has 3 N–H and O–H groups in total. The number of primary amides is 1. The van der Waals surface area contributed by atoms with Crippen molar-refractivity contribution in [3.63, 3.8) is 0 Å². The first kappa shape index (κ1) is 12.6. The van der Waals surface area contributed by atoms with Gasteiger partial charge in [0.1, 0.15) is 5.69 Å². The van der Waals surface area contributed by atoms with Crippen LogP contribution in [-0.4, -0.2) is 21.6 Å². The van der Waals surface area contributed by atoms with Crippen molar-refractivity contribution in [1.82, 2.24) is 9.78 Å². The molecule has 1 fully saturated rings. The molecule has 0 aliphatic heterocycles. The topological polar surface area (TPSA) is 90.0 Å². The number of nitrogens with zero attached hydrogens (tertiary/aromatic N) is 2. The monoisotopic (exact) mass is 250 g/mol. The van der Waals surface area contributed by atoms with Gasteiger partial charge in [0.25, 0.3) is 5.91 Å². The van der Waals surface area contributed by atoms with Crippen molar-refractivity contribution in [3.05, 3.63) is 11.9 Å². The number of hydrogen-bond donors (Lipinski definition) is 2. The third-order valence-corrected chi connectivity index (χ3v) is 3.41. The zero-order chi connectivity index (χ0) is 13.1. The molecule has 6 nitrogen and oxygen atoms in total. The maximum atomic E-state index is 12.1. The Morgan fingerprint density at radius 2 is 2.06 bits per heavy atom. The molecule has 0 unspecified atom stereocenters. The normalized spacial score (nSPS) is 16.5. The molecule has 98 valence electrons. The molecule has 1 saturated carbocycles. The summed E-state index contributed by atoms with van der Waals surface area (Å²) < 4.78 is 1.37. The number of nitrogens with one attached hydrogen (secondary N) is 1. The number of aryl methyl sites for hydroxylation is 1. The van der Waals surface area contributed by atoms with E-state index in [0.717, 1.165) is 25.7 Å². The highest BCUT2D eigenvalue weighted by Gasteiger charge is 2.23. The fourth-order valence-corrected chi connectivity index (χ4v) is 2.42. The van der Waals surface area contributed by atoms with E-state index in [1.165, 1.54) is 17.3 Å². The summed E-state index contributed by atoms with van der Waals surface area (Å²) in [6.07, 6.45) is 6.67.